The summed E-state index contributed by atoms with van der Waals surface area (Å²) in [7, 11) is -3.83. The van der Waals surface area contributed by atoms with Gasteiger partial charge in [-0.3, -0.25) is 4.72 Å². The van der Waals surface area contributed by atoms with Crippen molar-refractivity contribution in [1.82, 2.24) is 0 Å². The van der Waals surface area contributed by atoms with Gasteiger partial charge in [-0.25, -0.2) is 8.42 Å². The highest BCUT2D eigenvalue weighted by Gasteiger charge is 2.19. The second-order valence-corrected chi connectivity index (χ2v) is 7.54. The Morgan fingerprint density at radius 1 is 1.24 bits per heavy atom. The predicted octanol–water partition coefficient (Wildman–Crippen LogP) is 3.54. The lowest BCUT2D eigenvalue weighted by Crippen LogP contribution is -2.16. The zero-order valence-electron chi connectivity index (χ0n) is 10.5. The van der Waals surface area contributed by atoms with Gasteiger partial charge in [-0.15, -0.1) is 0 Å². The Morgan fingerprint density at radius 2 is 1.95 bits per heavy atom. The molecule has 0 radical (unpaired) electrons. The first-order chi connectivity index (χ1) is 9.79. The molecule has 0 amide bonds. The summed E-state index contributed by atoms with van der Waals surface area (Å²) < 4.78 is 28.0. The van der Waals surface area contributed by atoms with E-state index in [0.29, 0.717) is 11.3 Å². The van der Waals surface area contributed by atoms with Crippen molar-refractivity contribution in [1.29, 1.82) is 0 Å². The van der Waals surface area contributed by atoms with Crippen LogP contribution in [0.3, 0.4) is 0 Å². The van der Waals surface area contributed by atoms with Crippen LogP contribution < -0.4 is 10.5 Å². The average molecular weight is 406 g/mol. The minimum Gasteiger partial charge on any atom is -0.389 e. The second kappa shape index (κ2) is 6.31. The van der Waals surface area contributed by atoms with Gasteiger partial charge in [0.05, 0.1) is 5.02 Å². The molecule has 3 N–H and O–H groups in total. The van der Waals surface area contributed by atoms with E-state index in [9.17, 15) is 8.42 Å². The summed E-state index contributed by atoms with van der Waals surface area (Å²) in [5.74, 6) is 0. The zero-order chi connectivity index (χ0) is 15.6. The normalized spacial score (nSPS) is 11.1. The molecule has 0 spiro atoms. The van der Waals surface area contributed by atoms with Crippen LogP contribution in [0.2, 0.25) is 5.02 Å². The number of rotatable bonds is 4. The van der Waals surface area contributed by atoms with Crippen molar-refractivity contribution in [3.05, 3.63) is 57.5 Å². The van der Waals surface area contributed by atoms with Crippen LogP contribution in [-0.4, -0.2) is 13.4 Å². The quantitative estimate of drug-likeness (QED) is 0.763. The molecular weight excluding hydrogens is 396 g/mol. The first-order valence-corrected chi connectivity index (χ1v) is 8.73. The number of hydrogen-bond acceptors (Lipinski definition) is 3. The Kier molecular flexibility index (Phi) is 4.88. The number of nitrogens with one attached hydrogen (secondary N) is 1. The minimum atomic E-state index is -3.83. The Bertz CT molecular complexity index is 810. The van der Waals surface area contributed by atoms with Gasteiger partial charge < -0.3 is 5.73 Å². The van der Waals surface area contributed by atoms with E-state index in [0.717, 1.165) is 4.47 Å². The molecule has 8 heteroatoms. The van der Waals surface area contributed by atoms with Crippen LogP contribution in [0.4, 0.5) is 5.69 Å². The molecule has 0 aliphatic rings. The predicted molar refractivity (Wildman–Crippen MR) is 92.3 cm³/mol. The molecule has 0 heterocycles. The summed E-state index contributed by atoms with van der Waals surface area (Å²) in [4.78, 5) is 0.0278. The van der Waals surface area contributed by atoms with E-state index >= 15 is 0 Å². The number of nitrogens with two attached hydrogens (primary N) is 1. The Labute approximate surface area is 141 Å². The zero-order valence-corrected chi connectivity index (χ0v) is 14.5. The molecule has 0 bridgehead atoms. The van der Waals surface area contributed by atoms with Crippen LogP contribution in [0, 0.1) is 0 Å². The first-order valence-electron chi connectivity index (χ1n) is 5.67. The fourth-order valence-electron chi connectivity index (χ4n) is 1.62. The van der Waals surface area contributed by atoms with Crippen molar-refractivity contribution in [2.45, 2.75) is 4.90 Å². The lowest BCUT2D eigenvalue weighted by atomic mass is 10.2. The van der Waals surface area contributed by atoms with Gasteiger partial charge in [0.2, 0.25) is 0 Å². The largest absolute Gasteiger partial charge is 0.389 e. The van der Waals surface area contributed by atoms with Crippen LogP contribution in [0.25, 0.3) is 0 Å². The second-order valence-electron chi connectivity index (χ2n) is 4.13. The van der Waals surface area contributed by atoms with E-state index in [2.05, 4.69) is 20.7 Å². The summed E-state index contributed by atoms with van der Waals surface area (Å²) >= 11 is 14.1. The van der Waals surface area contributed by atoms with Crippen molar-refractivity contribution in [3.8, 4) is 0 Å². The highest BCUT2D eigenvalue weighted by molar-refractivity contribution is 9.10. The number of thiocarbonyl (C=S) groups is 1. The third-order valence-corrected chi connectivity index (χ3v) is 5.17. The fourth-order valence-corrected chi connectivity index (χ4v) is 3.73. The Morgan fingerprint density at radius 3 is 2.57 bits per heavy atom. The van der Waals surface area contributed by atoms with Gasteiger partial charge in [-0.05, 0) is 30.3 Å². The van der Waals surface area contributed by atoms with Gasteiger partial charge >= 0.3 is 0 Å². The maximum absolute atomic E-state index is 12.4. The Balaban J connectivity index is 2.44. The highest BCUT2D eigenvalue weighted by Crippen LogP contribution is 2.26. The van der Waals surface area contributed by atoms with E-state index in [4.69, 9.17) is 29.6 Å². The van der Waals surface area contributed by atoms with Crippen molar-refractivity contribution in [3.63, 3.8) is 0 Å². The summed E-state index contributed by atoms with van der Waals surface area (Å²) in [6.45, 7) is 0. The topological polar surface area (TPSA) is 72.2 Å². The Hall–Kier alpha value is -1.15. The van der Waals surface area contributed by atoms with Gasteiger partial charge in [-0.1, -0.05) is 51.9 Å². The number of anilines is 1. The van der Waals surface area contributed by atoms with Crippen LogP contribution >= 0.6 is 39.7 Å². The standard InChI is InChI=1S/C13H10BrClN2O2S2/c14-9-2-1-3-10(7-9)17-21(18,19)12-6-8(13(16)20)4-5-11(12)15/h1-7,17H,(H2,16,20). The van der Waals surface area contributed by atoms with E-state index in [-0.39, 0.29) is 14.9 Å². The van der Waals surface area contributed by atoms with Gasteiger partial charge in [0.25, 0.3) is 10.0 Å². The minimum absolute atomic E-state index is 0.0746. The molecule has 0 fully saturated rings. The maximum atomic E-state index is 12.4. The van der Waals surface area contributed by atoms with Crippen molar-refractivity contribution in [2.24, 2.45) is 5.73 Å². The lowest BCUT2D eigenvalue weighted by molar-refractivity contribution is 0.601. The lowest BCUT2D eigenvalue weighted by Gasteiger charge is -2.11. The molecule has 0 aliphatic heterocycles. The van der Waals surface area contributed by atoms with Crippen LogP contribution in [-0.2, 0) is 10.0 Å². The smallest absolute Gasteiger partial charge is 0.263 e. The molecule has 4 nitrogen and oxygen atoms in total. The third-order valence-electron chi connectivity index (χ3n) is 2.58. The number of halogens is 2. The summed E-state index contributed by atoms with van der Waals surface area (Å²) in [6, 6.07) is 11.2. The molecule has 110 valence electrons. The molecule has 0 aromatic heterocycles. The van der Waals surface area contributed by atoms with Crippen LogP contribution in [0.5, 0.6) is 0 Å². The average Bonchev–Trinajstić information content (AvgIpc) is 2.38. The molecule has 0 aliphatic carbocycles. The molecule has 0 atom stereocenters. The van der Waals surface area contributed by atoms with E-state index in [1.165, 1.54) is 12.1 Å². The number of hydrogen-bond donors (Lipinski definition) is 2. The molecule has 21 heavy (non-hydrogen) atoms. The summed E-state index contributed by atoms with van der Waals surface area (Å²) in [6.07, 6.45) is 0. The van der Waals surface area contributed by atoms with E-state index < -0.39 is 10.0 Å². The van der Waals surface area contributed by atoms with Crippen molar-refractivity contribution >= 4 is 60.4 Å². The van der Waals surface area contributed by atoms with Gasteiger partial charge in [-0.2, -0.15) is 0 Å². The fraction of sp³-hybridized carbons (Fsp3) is 0. The van der Waals surface area contributed by atoms with Gasteiger partial charge in [0.15, 0.2) is 0 Å². The molecule has 0 unspecified atom stereocenters. The molecule has 2 rings (SSSR count). The van der Waals surface area contributed by atoms with E-state index in [1.807, 2.05) is 0 Å². The SMILES string of the molecule is NC(=S)c1ccc(Cl)c(S(=O)(=O)Nc2cccc(Br)c2)c1. The molecule has 2 aromatic rings. The highest BCUT2D eigenvalue weighted by atomic mass is 79.9. The summed E-state index contributed by atoms with van der Waals surface area (Å²) in [5, 5.41) is 0.0949. The molecule has 0 saturated heterocycles. The van der Waals surface area contributed by atoms with Gasteiger partial charge in [0.1, 0.15) is 9.88 Å². The third kappa shape index (κ3) is 3.94. The number of benzene rings is 2. The number of sulfonamides is 1. The van der Waals surface area contributed by atoms with Crippen LogP contribution in [0.1, 0.15) is 5.56 Å². The summed E-state index contributed by atoms with van der Waals surface area (Å²) in [5.41, 5.74) is 6.37. The molecule has 0 saturated carbocycles. The molecule has 2 aromatic carbocycles. The monoisotopic (exact) mass is 404 g/mol. The van der Waals surface area contributed by atoms with Crippen molar-refractivity contribution in [2.75, 3.05) is 4.72 Å². The van der Waals surface area contributed by atoms with Crippen molar-refractivity contribution < 1.29 is 8.42 Å². The van der Waals surface area contributed by atoms with E-state index in [1.54, 1.807) is 30.3 Å². The first kappa shape index (κ1) is 16.2. The van der Waals surface area contributed by atoms with Crippen LogP contribution in [0.15, 0.2) is 51.8 Å². The maximum Gasteiger partial charge on any atom is 0.263 e. The molecular formula is C13H10BrClN2O2S2. The van der Waals surface area contributed by atoms with Gasteiger partial charge in [0, 0.05) is 15.7 Å².